The molecule has 2 heterocycles. The molecule has 29 heavy (non-hydrogen) atoms. The average Bonchev–Trinajstić information content (AvgIpc) is 3.04. The first-order chi connectivity index (χ1) is 13.9. The number of nitrogens with zero attached hydrogens (tertiary/aromatic N) is 3. The largest absolute Gasteiger partial charge is 0.491 e. The Hall–Kier alpha value is -1.94. The van der Waals surface area contributed by atoms with E-state index in [4.69, 9.17) is 14.0 Å². The van der Waals surface area contributed by atoms with Gasteiger partial charge < -0.3 is 14.0 Å². The predicted octanol–water partition coefficient (Wildman–Crippen LogP) is 2.21. The van der Waals surface area contributed by atoms with Gasteiger partial charge in [0.15, 0.2) is 0 Å². The van der Waals surface area contributed by atoms with E-state index in [0.29, 0.717) is 51.7 Å². The number of benzene rings is 1. The maximum atomic E-state index is 13.0. The lowest BCUT2D eigenvalue weighted by atomic mass is 10.2. The van der Waals surface area contributed by atoms with Crippen LogP contribution in [0.1, 0.15) is 23.9 Å². The van der Waals surface area contributed by atoms with Crippen molar-refractivity contribution in [1.82, 2.24) is 14.4 Å². The molecule has 1 fully saturated rings. The summed E-state index contributed by atoms with van der Waals surface area (Å²) < 4.78 is 43.4. The van der Waals surface area contributed by atoms with Crippen molar-refractivity contribution in [2.45, 2.75) is 32.2 Å². The van der Waals surface area contributed by atoms with Gasteiger partial charge in [-0.1, -0.05) is 5.16 Å². The van der Waals surface area contributed by atoms with Gasteiger partial charge in [-0.25, -0.2) is 8.42 Å². The topological polar surface area (TPSA) is 85.1 Å². The number of rotatable bonds is 9. The second-order valence-electron chi connectivity index (χ2n) is 7.00. The molecular weight excluding hydrogens is 394 g/mol. The van der Waals surface area contributed by atoms with Crippen LogP contribution in [0.4, 0.5) is 0 Å². The first kappa shape index (κ1) is 21.8. The molecule has 0 atom stereocenters. The first-order valence-corrected chi connectivity index (χ1v) is 11.3. The van der Waals surface area contributed by atoms with Crippen LogP contribution in [0.3, 0.4) is 0 Å². The summed E-state index contributed by atoms with van der Waals surface area (Å²) in [6.07, 6.45) is 0. The van der Waals surface area contributed by atoms with Gasteiger partial charge in [-0.2, -0.15) is 4.31 Å². The van der Waals surface area contributed by atoms with Crippen LogP contribution >= 0.6 is 0 Å². The van der Waals surface area contributed by atoms with Crippen molar-refractivity contribution in [3.63, 3.8) is 0 Å². The lowest BCUT2D eigenvalue weighted by Gasteiger charge is -2.33. The maximum absolute atomic E-state index is 13.0. The van der Waals surface area contributed by atoms with E-state index in [0.717, 1.165) is 23.6 Å². The number of ether oxygens (including phenoxy) is 2. The van der Waals surface area contributed by atoms with E-state index < -0.39 is 10.0 Å². The number of sulfonamides is 1. The predicted molar refractivity (Wildman–Crippen MR) is 108 cm³/mol. The van der Waals surface area contributed by atoms with Gasteiger partial charge in [0.25, 0.3) is 0 Å². The Labute approximate surface area is 172 Å². The van der Waals surface area contributed by atoms with Crippen LogP contribution < -0.4 is 4.74 Å². The molecule has 0 amide bonds. The highest BCUT2D eigenvalue weighted by atomic mass is 32.2. The second-order valence-corrected chi connectivity index (χ2v) is 8.94. The number of hydrogen-bond acceptors (Lipinski definition) is 7. The summed E-state index contributed by atoms with van der Waals surface area (Å²) in [4.78, 5) is 2.52. The Morgan fingerprint density at radius 3 is 2.34 bits per heavy atom. The Morgan fingerprint density at radius 2 is 1.76 bits per heavy atom. The van der Waals surface area contributed by atoms with Crippen LogP contribution in [0.25, 0.3) is 0 Å². The third-order valence-electron chi connectivity index (χ3n) is 5.06. The molecule has 160 valence electrons. The van der Waals surface area contributed by atoms with Crippen LogP contribution in [0.5, 0.6) is 5.75 Å². The fourth-order valence-corrected chi connectivity index (χ4v) is 4.72. The van der Waals surface area contributed by atoms with Crippen molar-refractivity contribution in [3.8, 4) is 5.75 Å². The first-order valence-electron chi connectivity index (χ1n) is 9.86. The lowest BCUT2D eigenvalue weighted by molar-refractivity contribution is 0.110. The number of piperazine rings is 1. The van der Waals surface area contributed by atoms with E-state index in [1.807, 2.05) is 20.8 Å². The van der Waals surface area contributed by atoms with Crippen molar-refractivity contribution in [2.75, 3.05) is 46.0 Å². The monoisotopic (exact) mass is 423 g/mol. The summed E-state index contributed by atoms with van der Waals surface area (Å²) in [7, 11) is -3.51. The van der Waals surface area contributed by atoms with Crippen LogP contribution in [-0.2, 0) is 21.3 Å². The molecule has 0 bridgehead atoms. The minimum Gasteiger partial charge on any atom is -0.491 e. The smallest absolute Gasteiger partial charge is 0.243 e. The second kappa shape index (κ2) is 9.71. The third kappa shape index (κ3) is 5.36. The highest BCUT2D eigenvalue weighted by molar-refractivity contribution is 7.89. The highest BCUT2D eigenvalue weighted by Gasteiger charge is 2.29. The molecular formula is C20H29N3O5S. The van der Waals surface area contributed by atoms with E-state index in [1.165, 1.54) is 0 Å². The minimum atomic E-state index is -3.51. The van der Waals surface area contributed by atoms with E-state index >= 15 is 0 Å². The zero-order chi connectivity index (χ0) is 20.9. The highest BCUT2D eigenvalue weighted by Crippen LogP contribution is 2.22. The molecule has 0 N–H and O–H groups in total. The van der Waals surface area contributed by atoms with Gasteiger partial charge >= 0.3 is 0 Å². The molecule has 1 aromatic heterocycles. The molecule has 1 aliphatic heterocycles. The molecule has 0 saturated carbocycles. The average molecular weight is 424 g/mol. The van der Waals surface area contributed by atoms with E-state index in [1.54, 1.807) is 28.6 Å². The molecule has 8 nitrogen and oxygen atoms in total. The van der Waals surface area contributed by atoms with Crippen LogP contribution in [0, 0.1) is 13.8 Å². The summed E-state index contributed by atoms with van der Waals surface area (Å²) in [5.74, 6) is 1.45. The number of aryl methyl sites for hydroxylation is 2. The van der Waals surface area contributed by atoms with Crippen LogP contribution in [0.15, 0.2) is 33.7 Å². The summed E-state index contributed by atoms with van der Waals surface area (Å²) in [5.41, 5.74) is 1.97. The van der Waals surface area contributed by atoms with Gasteiger partial charge in [0.2, 0.25) is 10.0 Å². The molecule has 0 unspecified atom stereocenters. The van der Waals surface area contributed by atoms with Crippen molar-refractivity contribution in [3.05, 3.63) is 41.3 Å². The van der Waals surface area contributed by atoms with Crippen LogP contribution in [0.2, 0.25) is 0 Å². The summed E-state index contributed by atoms with van der Waals surface area (Å²) in [6.45, 7) is 10.3. The van der Waals surface area contributed by atoms with Crippen molar-refractivity contribution >= 4 is 10.0 Å². The van der Waals surface area contributed by atoms with E-state index in [-0.39, 0.29) is 4.90 Å². The summed E-state index contributed by atoms with van der Waals surface area (Å²) >= 11 is 0. The standard InChI is InChI=1S/C20H29N3O5S/c1-4-26-13-14-27-18-5-7-19(8-6-18)29(24,25)23-11-9-22(10-12-23)15-20-16(2)21-28-17(20)3/h5-8H,4,9-15H2,1-3H3. The Kier molecular flexibility index (Phi) is 7.28. The van der Waals surface area contributed by atoms with E-state index in [2.05, 4.69) is 10.1 Å². The molecule has 3 rings (SSSR count). The van der Waals surface area contributed by atoms with Crippen molar-refractivity contribution in [1.29, 1.82) is 0 Å². The van der Waals surface area contributed by atoms with E-state index in [9.17, 15) is 8.42 Å². The zero-order valence-corrected chi connectivity index (χ0v) is 18.1. The third-order valence-corrected chi connectivity index (χ3v) is 6.97. The molecule has 1 aliphatic rings. The number of hydrogen-bond donors (Lipinski definition) is 0. The molecule has 1 saturated heterocycles. The normalized spacial score (nSPS) is 16.2. The fraction of sp³-hybridized carbons (Fsp3) is 0.550. The summed E-state index contributed by atoms with van der Waals surface area (Å²) in [6, 6.07) is 6.57. The number of aromatic nitrogens is 1. The molecule has 1 aromatic carbocycles. The molecule has 0 spiro atoms. The van der Waals surface area contributed by atoms with Gasteiger partial charge in [0.1, 0.15) is 18.1 Å². The van der Waals surface area contributed by atoms with Gasteiger partial charge in [-0.15, -0.1) is 0 Å². The SMILES string of the molecule is CCOCCOc1ccc(S(=O)(=O)N2CCN(Cc3c(C)noc3C)CC2)cc1. The molecule has 0 aliphatic carbocycles. The van der Waals surface area contributed by atoms with Gasteiger partial charge in [-0.05, 0) is 45.0 Å². The van der Waals surface area contributed by atoms with Gasteiger partial charge in [0.05, 0.1) is 17.2 Å². The Morgan fingerprint density at radius 1 is 1.07 bits per heavy atom. The zero-order valence-electron chi connectivity index (χ0n) is 17.3. The summed E-state index contributed by atoms with van der Waals surface area (Å²) in [5, 5.41) is 3.99. The lowest BCUT2D eigenvalue weighted by Crippen LogP contribution is -2.48. The van der Waals surface area contributed by atoms with Crippen molar-refractivity contribution < 1.29 is 22.4 Å². The Balaban J connectivity index is 1.55. The van der Waals surface area contributed by atoms with Crippen LogP contribution in [-0.4, -0.2) is 68.8 Å². The molecule has 9 heteroatoms. The maximum Gasteiger partial charge on any atom is 0.243 e. The Bertz CT molecular complexity index is 868. The molecule has 0 radical (unpaired) electrons. The minimum absolute atomic E-state index is 0.286. The van der Waals surface area contributed by atoms with Crippen molar-refractivity contribution in [2.24, 2.45) is 0 Å². The quantitative estimate of drug-likeness (QED) is 0.572. The fourth-order valence-electron chi connectivity index (χ4n) is 3.30. The van der Waals surface area contributed by atoms with Gasteiger partial charge in [-0.3, -0.25) is 4.90 Å². The van der Waals surface area contributed by atoms with Gasteiger partial charge in [0, 0.05) is 44.9 Å². The molecule has 2 aromatic rings.